The number of hydrogen-bond acceptors (Lipinski definition) is 7. The lowest BCUT2D eigenvalue weighted by atomic mass is 10.1. The topological polar surface area (TPSA) is 111 Å². The molecule has 37 heavy (non-hydrogen) atoms. The lowest BCUT2D eigenvalue weighted by Gasteiger charge is -2.25. The number of nitrogens with zero attached hydrogens (tertiary/aromatic N) is 1. The van der Waals surface area contributed by atoms with Crippen LogP contribution in [0, 0.1) is 20.8 Å². The number of rotatable bonds is 9. The molecule has 10 heteroatoms. The van der Waals surface area contributed by atoms with Crippen LogP contribution in [0.4, 0.5) is 11.4 Å². The van der Waals surface area contributed by atoms with E-state index in [1.54, 1.807) is 24.3 Å². The van der Waals surface area contributed by atoms with Gasteiger partial charge in [-0.2, -0.15) is 0 Å². The molecule has 196 valence electrons. The summed E-state index contributed by atoms with van der Waals surface area (Å²) in [7, 11) is -0.0758. The van der Waals surface area contributed by atoms with Gasteiger partial charge in [-0.3, -0.25) is 9.10 Å². The van der Waals surface area contributed by atoms with Gasteiger partial charge in [-0.05, 0) is 56.2 Å². The van der Waals surface area contributed by atoms with E-state index in [0.717, 1.165) is 21.0 Å². The fourth-order valence-corrected chi connectivity index (χ4v) is 5.23. The molecule has 0 aliphatic carbocycles. The predicted molar refractivity (Wildman–Crippen MR) is 141 cm³/mol. The SMILES string of the molecule is COC(=O)c1cc(OC)c(OC)cc1NC(=O)CN(c1cc(C)cc(C)c1)S(=O)(=O)c1ccc(C)cc1. The van der Waals surface area contributed by atoms with Crippen LogP contribution in [0.15, 0.2) is 59.5 Å². The molecule has 0 unspecified atom stereocenters. The Morgan fingerprint density at radius 1 is 0.811 bits per heavy atom. The normalized spacial score (nSPS) is 11.0. The fourth-order valence-electron chi connectivity index (χ4n) is 3.83. The van der Waals surface area contributed by atoms with Crippen LogP contribution in [0.2, 0.25) is 0 Å². The Kier molecular flexibility index (Phi) is 8.44. The van der Waals surface area contributed by atoms with Gasteiger partial charge in [-0.25, -0.2) is 13.2 Å². The van der Waals surface area contributed by atoms with Crippen LogP contribution in [0.5, 0.6) is 11.5 Å². The molecule has 0 saturated carbocycles. The number of carbonyl (C=O) groups excluding carboxylic acids is 2. The molecule has 0 bridgehead atoms. The van der Waals surface area contributed by atoms with Gasteiger partial charge in [0, 0.05) is 12.1 Å². The molecule has 3 aromatic carbocycles. The molecule has 0 fully saturated rings. The van der Waals surface area contributed by atoms with Crippen molar-refractivity contribution in [3.05, 3.63) is 76.9 Å². The van der Waals surface area contributed by atoms with Crippen LogP contribution < -0.4 is 19.1 Å². The average Bonchev–Trinajstić information content (AvgIpc) is 2.86. The number of carbonyl (C=O) groups is 2. The summed E-state index contributed by atoms with van der Waals surface area (Å²) >= 11 is 0. The molecule has 0 spiro atoms. The summed E-state index contributed by atoms with van der Waals surface area (Å²) in [6, 6.07) is 14.5. The fraction of sp³-hybridized carbons (Fsp3) is 0.259. The van der Waals surface area contributed by atoms with Crippen LogP contribution in [0.1, 0.15) is 27.0 Å². The van der Waals surface area contributed by atoms with E-state index < -0.39 is 28.4 Å². The van der Waals surface area contributed by atoms with Gasteiger partial charge in [0.1, 0.15) is 6.54 Å². The number of nitrogens with one attached hydrogen (secondary N) is 1. The highest BCUT2D eigenvalue weighted by atomic mass is 32.2. The highest BCUT2D eigenvalue weighted by molar-refractivity contribution is 7.92. The van der Waals surface area contributed by atoms with Crippen molar-refractivity contribution in [2.75, 3.05) is 37.5 Å². The molecule has 9 nitrogen and oxygen atoms in total. The first-order valence-electron chi connectivity index (χ1n) is 11.3. The minimum absolute atomic E-state index is 0.0211. The standard InChI is InChI=1S/C27H30N2O7S/c1-17-7-9-21(10-8-17)37(32,33)29(20-12-18(2)11-19(3)13-20)16-26(30)28-23-15-25(35-5)24(34-4)14-22(23)27(31)36-6/h7-15H,16H2,1-6H3,(H,28,30). The van der Waals surface area contributed by atoms with E-state index in [4.69, 9.17) is 14.2 Å². The first-order valence-corrected chi connectivity index (χ1v) is 12.8. The van der Waals surface area contributed by atoms with Gasteiger partial charge in [0.2, 0.25) is 5.91 Å². The number of esters is 1. The van der Waals surface area contributed by atoms with Crippen molar-refractivity contribution in [1.82, 2.24) is 0 Å². The minimum atomic E-state index is -4.11. The van der Waals surface area contributed by atoms with Gasteiger partial charge in [-0.1, -0.05) is 23.8 Å². The zero-order valence-electron chi connectivity index (χ0n) is 21.6. The highest BCUT2D eigenvalue weighted by Crippen LogP contribution is 2.34. The number of ether oxygens (including phenoxy) is 3. The van der Waals surface area contributed by atoms with Crippen molar-refractivity contribution in [2.24, 2.45) is 0 Å². The summed E-state index contributed by atoms with van der Waals surface area (Å²) in [6.45, 7) is 5.00. The van der Waals surface area contributed by atoms with Crippen LogP contribution in [0.3, 0.4) is 0 Å². The van der Waals surface area contributed by atoms with E-state index in [0.29, 0.717) is 5.69 Å². The van der Waals surface area contributed by atoms with Gasteiger partial charge in [0.15, 0.2) is 11.5 Å². The summed E-state index contributed by atoms with van der Waals surface area (Å²) in [5.74, 6) is -0.856. The summed E-state index contributed by atoms with van der Waals surface area (Å²) in [5.41, 5.74) is 3.03. The predicted octanol–water partition coefficient (Wildman–Crippen LogP) is 4.25. The number of amides is 1. The first-order chi connectivity index (χ1) is 17.5. The second-order valence-electron chi connectivity index (χ2n) is 8.46. The minimum Gasteiger partial charge on any atom is -0.493 e. The van der Waals surface area contributed by atoms with Crippen molar-refractivity contribution in [2.45, 2.75) is 25.7 Å². The van der Waals surface area contributed by atoms with Crippen molar-refractivity contribution in [3.63, 3.8) is 0 Å². The van der Waals surface area contributed by atoms with E-state index in [1.165, 1.54) is 45.6 Å². The molecule has 3 aromatic rings. The summed E-state index contributed by atoms with van der Waals surface area (Å²) in [6.07, 6.45) is 0. The molecule has 1 amide bonds. The number of hydrogen-bond donors (Lipinski definition) is 1. The van der Waals surface area contributed by atoms with E-state index in [2.05, 4.69) is 5.32 Å². The molecule has 0 aliphatic rings. The molecular formula is C27H30N2O7S. The summed E-state index contributed by atoms with van der Waals surface area (Å²) in [5, 5.41) is 2.63. The van der Waals surface area contributed by atoms with E-state index in [-0.39, 0.29) is 27.6 Å². The largest absolute Gasteiger partial charge is 0.493 e. The first kappa shape index (κ1) is 27.5. The molecule has 0 aliphatic heterocycles. The number of sulfonamides is 1. The van der Waals surface area contributed by atoms with Crippen molar-refractivity contribution in [3.8, 4) is 11.5 Å². The Bertz CT molecular complexity index is 1400. The zero-order valence-corrected chi connectivity index (χ0v) is 22.4. The van der Waals surface area contributed by atoms with Crippen LogP contribution in [0.25, 0.3) is 0 Å². The Morgan fingerprint density at radius 2 is 1.38 bits per heavy atom. The Morgan fingerprint density at radius 3 is 1.92 bits per heavy atom. The highest BCUT2D eigenvalue weighted by Gasteiger charge is 2.28. The third-order valence-electron chi connectivity index (χ3n) is 5.59. The lowest BCUT2D eigenvalue weighted by Crippen LogP contribution is -2.38. The van der Waals surface area contributed by atoms with Gasteiger partial charge in [-0.15, -0.1) is 0 Å². The second kappa shape index (κ2) is 11.3. The Hall–Kier alpha value is -4.05. The lowest BCUT2D eigenvalue weighted by molar-refractivity contribution is -0.114. The van der Waals surface area contributed by atoms with Crippen LogP contribution in [-0.4, -0.2) is 48.2 Å². The third kappa shape index (κ3) is 6.21. The molecule has 1 N–H and O–H groups in total. The van der Waals surface area contributed by atoms with Crippen molar-refractivity contribution in [1.29, 1.82) is 0 Å². The van der Waals surface area contributed by atoms with E-state index in [9.17, 15) is 18.0 Å². The third-order valence-corrected chi connectivity index (χ3v) is 7.38. The second-order valence-corrected chi connectivity index (χ2v) is 10.3. The molecule has 0 radical (unpaired) electrons. The smallest absolute Gasteiger partial charge is 0.340 e. The average molecular weight is 527 g/mol. The molecule has 0 atom stereocenters. The van der Waals surface area contributed by atoms with Gasteiger partial charge in [0.05, 0.1) is 43.2 Å². The number of anilines is 2. The number of methoxy groups -OCH3 is 3. The maximum atomic E-state index is 13.7. The van der Waals surface area contributed by atoms with Gasteiger partial charge in [0.25, 0.3) is 10.0 Å². The van der Waals surface area contributed by atoms with Gasteiger partial charge < -0.3 is 19.5 Å². The number of aryl methyl sites for hydroxylation is 3. The van der Waals surface area contributed by atoms with Crippen molar-refractivity contribution >= 4 is 33.3 Å². The quantitative estimate of drug-likeness (QED) is 0.415. The van der Waals surface area contributed by atoms with Crippen LogP contribution >= 0.6 is 0 Å². The summed E-state index contributed by atoms with van der Waals surface area (Å²) < 4.78 is 43.8. The zero-order chi connectivity index (χ0) is 27.3. The molecule has 0 heterocycles. The van der Waals surface area contributed by atoms with E-state index >= 15 is 0 Å². The van der Waals surface area contributed by atoms with Crippen LogP contribution in [-0.2, 0) is 19.6 Å². The number of benzene rings is 3. The monoisotopic (exact) mass is 526 g/mol. The van der Waals surface area contributed by atoms with Gasteiger partial charge >= 0.3 is 5.97 Å². The molecule has 0 saturated heterocycles. The van der Waals surface area contributed by atoms with Crippen molar-refractivity contribution < 1.29 is 32.2 Å². The maximum absolute atomic E-state index is 13.7. The molecular weight excluding hydrogens is 496 g/mol. The Labute approximate surface area is 217 Å². The maximum Gasteiger partial charge on any atom is 0.340 e. The molecule has 0 aromatic heterocycles. The summed E-state index contributed by atoms with van der Waals surface area (Å²) in [4.78, 5) is 25.7. The molecule has 3 rings (SSSR count). The van der Waals surface area contributed by atoms with E-state index in [1.807, 2.05) is 26.8 Å². The Balaban J connectivity index is 2.05.